The van der Waals surface area contributed by atoms with Crippen LogP contribution in [0.15, 0.2) is 72.8 Å². The topological polar surface area (TPSA) is 101 Å². The third kappa shape index (κ3) is 4.48. The van der Waals surface area contributed by atoms with E-state index < -0.39 is 22.2 Å². The van der Waals surface area contributed by atoms with Crippen molar-refractivity contribution in [3.8, 4) is 17.6 Å². The van der Waals surface area contributed by atoms with Crippen LogP contribution < -0.4 is 4.18 Å². The smallest absolute Gasteiger partial charge is 0.412 e. The summed E-state index contributed by atoms with van der Waals surface area (Å²) >= 11 is 0. The van der Waals surface area contributed by atoms with Crippen molar-refractivity contribution < 1.29 is 27.3 Å². The van der Waals surface area contributed by atoms with E-state index in [4.69, 9.17) is 9.29 Å². The number of carbonyl (C=O) groups excluding carboxylic acids is 1. The molecule has 160 valence electrons. The quantitative estimate of drug-likeness (QED) is 0.616. The Balaban J connectivity index is 1.58. The lowest BCUT2D eigenvalue weighted by molar-refractivity contribution is 0.0695. The van der Waals surface area contributed by atoms with E-state index in [-0.39, 0.29) is 23.4 Å². The third-order valence-electron chi connectivity index (χ3n) is 4.80. The molecule has 7 nitrogen and oxygen atoms in total. The molecule has 0 atom stereocenters. The van der Waals surface area contributed by atoms with Crippen LogP contribution in [0.5, 0.6) is 5.75 Å². The Kier molecular flexibility index (Phi) is 5.67. The SMILES string of the molecule is O=C(O)c1ccc(CN2C(=O)c3cc(C#CCc4ccccc4)ccc3OS2(=O)=O)cc1. The Morgan fingerprint density at radius 2 is 1.69 bits per heavy atom. The number of nitrogens with zero attached hydrogens (tertiary/aromatic N) is 1. The van der Waals surface area contributed by atoms with E-state index >= 15 is 0 Å². The highest BCUT2D eigenvalue weighted by Crippen LogP contribution is 2.31. The molecule has 1 aliphatic rings. The van der Waals surface area contributed by atoms with Gasteiger partial charge in [-0.2, -0.15) is 12.7 Å². The summed E-state index contributed by atoms with van der Waals surface area (Å²) in [4.78, 5) is 24.0. The molecule has 0 fully saturated rings. The molecular weight excluding hydrogens is 430 g/mol. The molecule has 4 rings (SSSR count). The zero-order valence-corrected chi connectivity index (χ0v) is 17.5. The van der Waals surface area contributed by atoms with Crippen LogP contribution >= 0.6 is 0 Å². The van der Waals surface area contributed by atoms with Crippen molar-refractivity contribution in [1.82, 2.24) is 4.31 Å². The first kappa shape index (κ1) is 21.2. The van der Waals surface area contributed by atoms with Gasteiger partial charge in [-0.3, -0.25) is 4.79 Å². The number of aromatic carboxylic acids is 1. The standard InChI is InChI=1S/C24H17NO6S/c26-23-21-15-18(8-4-7-17-5-2-1-3-6-17)11-14-22(21)31-32(29,30)25(23)16-19-9-12-20(13-10-19)24(27)28/h1-3,5-6,9-15H,7,16H2,(H,27,28). The average Bonchev–Trinajstić information content (AvgIpc) is 2.78. The molecule has 32 heavy (non-hydrogen) atoms. The second-order valence-electron chi connectivity index (χ2n) is 7.03. The molecule has 1 N–H and O–H groups in total. The molecule has 0 saturated carbocycles. The van der Waals surface area contributed by atoms with Crippen molar-refractivity contribution in [1.29, 1.82) is 0 Å². The van der Waals surface area contributed by atoms with Gasteiger partial charge in [-0.25, -0.2) is 4.79 Å². The second kappa shape index (κ2) is 8.57. The van der Waals surface area contributed by atoms with Gasteiger partial charge in [-0.15, -0.1) is 0 Å². The summed E-state index contributed by atoms with van der Waals surface area (Å²) in [5, 5.41) is 8.99. The van der Waals surface area contributed by atoms with Gasteiger partial charge < -0.3 is 9.29 Å². The Morgan fingerprint density at radius 1 is 0.969 bits per heavy atom. The highest BCUT2D eigenvalue weighted by Gasteiger charge is 2.38. The molecule has 0 saturated heterocycles. The predicted molar refractivity (Wildman–Crippen MR) is 116 cm³/mol. The number of amides is 1. The lowest BCUT2D eigenvalue weighted by Gasteiger charge is -2.27. The van der Waals surface area contributed by atoms with Crippen LogP contribution in [0.2, 0.25) is 0 Å². The molecule has 0 aliphatic carbocycles. The summed E-state index contributed by atoms with van der Waals surface area (Å²) in [7, 11) is -4.35. The maximum Gasteiger partial charge on any atom is 0.412 e. The summed E-state index contributed by atoms with van der Waals surface area (Å²) in [6.07, 6.45) is 0.537. The number of fused-ring (bicyclic) bond motifs is 1. The zero-order chi connectivity index (χ0) is 22.7. The minimum atomic E-state index is -4.35. The average molecular weight is 447 g/mol. The fourth-order valence-electron chi connectivity index (χ4n) is 3.16. The van der Waals surface area contributed by atoms with Crippen molar-refractivity contribution in [2.75, 3.05) is 0 Å². The first-order valence-electron chi connectivity index (χ1n) is 9.59. The normalized spacial score (nSPS) is 14.0. The fraction of sp³-hybridized carbons (Fsp3) is 0.0833. The molecular formula is C24H17NO6S. The van der Waals surface area contributed by atoms with Gasteiger partial charge in [0.05, 0.1) is 17.7 Å². The molecule has 1 heterocycles. The molecule has 0 unspecified atom stereocenters. The molecule has 0 spiro atoms. The summed E-state index contributed by atoms with van der Waals surface area (Å²) in [5.41, 5.74) is 2.21. The lowest BCUT2D eigenvalue weighted by atomic mass is 10.1. The number of carboxylic acids is 1. The van der Waals surface area contributed by atoms with Crippen molar-refractivity contribution in [2.24, 2.45) is 0 Å². The van der Waals surface area contributed by atoms with Gasteiger partial charge in [-0.05, 0) is 41.5 Å². The number of carboxylic acid groups (broad SMARTS) is 1. The maximum absolute atomic E-state index is 13.0. The van der Waals surface area contributed by atoms with Gasteiger partial charge in [0.1, 0.15) is 0 Å². The highest BCUT2D eigenvalue weighted by molar-refractivity contribution is 7.85. The molecule has 8 heteroatoms. The van der Waals surface area contributed by atoms with Crippen LogP contribution in [0, 0.1) is 11.8 Å². The Hall–Kier alpha value is -4.09. The van der Waals surface area contributed by atoms with E-state index in [2.05, 4.69) is 11.8 Å². The van der Waals surface area contributed by atoms with Gasteiger partial charge in [0.2, 0.25) is 0 Å². The van der Waals surface area contributed by atoms with E-state index in [0.717, 1.165) is 5.56 Å². The monoisotopic (exact) mass is 447 g/mol. The van der Waals surface area contributed by atoms with Crippen LogP contribution in [0.25, 0.3) is 0 Å². The van der Waals surface area contributed by atoms with Crippen molar-refractivity contribution in [2.45, 2.75) is 13.0 Å². The van der Waals surface area contributed by atoms with Gasteiger partial charge >= 0.3 is 16.3 Å². The maximum atomic E-state index is 13.0. The second-order valence-corrected chi connectivity index (χ2v) is 8.49. The fourth-order valence-corrected chi connectivity index (χ4v) is 4.23. The summed E-state index contributed by atoms with van der Waals surface area (Å²) in [6.45, 7) is -0.287. The van der Waals surface area contributed by atoms with E-state index in [1.165, 1.54) is 36.4 Å². The summed E-state index contributed by atoms with van der Waals surface area (Å²) in [6, 6.07) is 19.8. The number of hydrogen-bond acceptors (Lipinski definition) is 5. The van der Waals surface area contributed by atoms with E-state index in [9.17, 15) is 18.0 Å². The van der Waals surface area contributed by atoms with Crippen LogP contribution in [0.4, 0.5) is 0 Å². The molecule has 1 amide bonds. The zero-order valence-electron chi connectivity index (χ0n) is 16.7. The van der Waals surface area contributed by atoms with E-state index in [1.54, 1.807) is 6.07 Å². The van der Waals surface area contributed by atoms with Crippen LogP contribution in [-0.4, -0.2) is 29.7 Å². The van der Waals surface area contributed by atoms with Gasteiger partial charge in [0.15, 0.2) is 5.75 Å². The largest absolute Gasteiger partial charge is 0.478 e. The van der Waals surface area contributed by atoms with E-state index in [1.807, 2.05) is 30.3 Å². The van der Waals surface area contributed by atoms with Crippen molar-refractivity contribution in [3.05, 3.63) is 101 Å². The highest BCUT2D eigenvalue weighted by atomic mass is 32.2. The third-order valence-corrected chi connectivity index (χ3v) is 6.02. The van der Waals surface area contributed by atoms with E-state index in [0.29, 0.717) is 21.9 Å². The number of hydrogen-bond donors (Lipinski definition) is 1. The predicted octanol–water partition coefficient (Wildman–Crippen LogP) is 3.26. The number of benzene rings is 3. The van der Waals surface area contributed by atoms with Crippen LogP contribution in [-0.2, 0) is 23.3 Å². The summed E-state index contributed by atoms with van der Waals surface area (Å²) < 4.78 is 30.7. The minimum Gasteiger partial charge on any atom is -0.478 e. The Bertz CT molecular complexity index is 1350. The first-order valence-corrected chi connectivity index (χ1v) is 11.0. The van der Waals surface area contributed by atoms with Gasteiger partial charge in [0.25, 0.3) is 5.91 Å². The number of carbonyl (C=O) groups is 2. The molecule has 0 bridgehead atoms. The Morgan fingerprint density at radius 3 is 2.38 bits per heavy atom. The van der Waals surface area contributed by atoms with Gasteiger partial charge in [0, 0.05) is 12.0 Å². The molecule has 1 aliphatic heterocycles. The number of rotatable bonds is 4. The van der Waals surface area contributed by atoms with Crippen LogP contribution in [0.3, 0.4) is 0 Å². The molecule has 3 aromatic carbocycles. The van der Waals surface area contributed by atoms with Crippen molar-refractivity contribution in [3.63, 3.8) is 0 Å². The summed E-state index contributed by atoms with van der Waals surface area (Å²) in [5.74, 6) is 4.13. The molecule has 0 radical (unpaired) electrons. The molecule has 3 aromatic rings. The molecule has 0 aromatic heterocycles. The van der Waals surface area contributed by atoms with Gasteiger partial charge in [-0.1, -0.05) is 54.3 Å². The van der Waals surface area contributed by atoms with Crippen molar-refractivity contribution >= 4 is 22.2 Å². The minimum absolute atomic E-state index is 0.0546. The first-order chi connectivity index (χ1) is 15.3. The van der Waals surface area contributed by atoms with Crippen LogP contribution in [0.1, 0.15) is 37.4 Å². The lowest BCUT2D eigenvalue weighted by Crippen LogP contribution is -2.42. The Labute approximate surface area is 185 Å².